The minimum absolute atomic E-state index is 0.514. The van der Waals surface area contributed by atoms with E-state index in [-0.39, 0.29) is 0 Å². The molecule has 0 bridgehead atoms. The molecule has 0 saturated carbocycles. The Labute approximate surface area is 118 Å². The van der Waals surface area contributed by atoms with Crippen molar-refractivity contribution in [3.05, 3.63) is 30.6 Å². The number of hydrogen-bond donors (Lipinski definition) is 1. The first kappa shape index (κ1) is 12.6. The topological polar surface area (TPSA) is 42.2 Å². The molecule has 2 heterocycles. The first-order valence-electron chi connectivity index (χ1n) is 6.69. The van der Waals surface area contributed by atoms with Crippen LogP contribution in [0.1, 0.15) is 13.8 Å². The smallest absolute Gasteiger partial charge is 0.0632 e. The molecular formula is C15H19N3S. The standard InChI is InChI=1S/C15H19N3S/c1-10-11(2)19-8-7-18(10)14-4-3-12-9-17-6-5-13(12)15(14)16/h3-6,9-11H,7-8,16H2,1-2H3. The van der Waals surface area contributed by atoms with E-state index in [0.717, 1.165) is 23.0 Å². The van der Waals surface area contributed by atoms with E-state index in [4.69, 9.17) is 5.73 Å². The highest BCUT2D eigenvalue weighted by Crippen LogP contribution is 2.35. The van der Waals surface area contributed by atoms with Crippen LogP contribution < -0.4 is 10.6 Å². The van der Waals surface area contributed by atoms with Gasteiger partial charge < -0.3 is 10.6 Å². The van der Waals surface area contributed by atoms with Crippen molar-refractivity contribution in [2.24, 2.45) is 0 Å². The Balaban J connectivity index is 2.07. The second-order valence-electron chi connectivity index (χ2n) is 5.11. The lowest BCUT2D eigenvalue weighted by atomic mass is 10.1. The zero-order valence-corrected chi connectivity index (χ0v) is 12.2. The summed E-state index contributed by atoms with van der Waals surface area (Å²) in [6.45, 7) is 5.65. The third-order valence-electron chi connectivity index (χ3n) is 4.03. The van der Waals surface area contributed by atoms with Gasteiger partial charge in [0, 0.05) is 46.8 Å². The van der Waals surface area contributed by atoms with Gasteiger partial charge in [-0.3, -0.25) is 4.98 Å². The van der Waals surface area contributed by atoms with Crippen LogP contribution in [0.2, 0.25) is 0 Å². The Morgan fingerprint density at radius 2 is 2.16 bits per heavy atom. The number of benzene rings is 1. The van der Waals surface area contributed by atoms with Crippen LogP contribution in [0.3, 0.4) is 0 Å². The molecule has 19 heavy (non-hydrogen) atoms. The Morgan fingerprint density at radius 3 is 3.00 bits per heavy atom. The third-order valence-corrected chi connectivity index (χ3v) is 5.37. The number of nitrogen functional groups attached to an aromatic ring is 1. The van der Waals surface area contributed by atoms with Gasteiger partial charge in [-0.05, 0) is 19.1 Å². The average molecular weight is 273 g/mol. The summed E-state index contributed by atoms with van der Waals surface area (Å²) in [5.41, 5.74) is 8.43. The number of nitrogens with zero attached hydrogens (tertiary/aromatic N) is 2. The Kier molecular flexibility index (Phi) is 3.27. The Morgan fingerprint density at radius 1 is 1.32 bits per heavy atom. The SMILES string of the molecule is CC1SCCN(c2ccc3cnccc3c2N)C1C. The molecule has 2 aromatic rings. The van der Waals surface area contributed by atoms with Crippen LogP contribution in [-0.4, -0.2) is 28.6 Å². The van der Waals surface area contributed by atoms with Crippen molar-refractivity contribution < 1.29 is 0 Å². The van der Waals surface area contributed by atoms with E-state index >= 15 is 0 Å². The van der Waals surface area contributed by atoms with Gasteiger partial charge in [-0.25, -0.2) is 0 Å². The van der Waals surface area contributed by atoms with E-state index in [2.05, 4.69) is 35.9 Å². The number of anilines is 2. The minimum atomic E-state index is 0.514. The molecule has 1 saturated heterocycles. The highest BCUT2D eigenvalue weighted by Gasteiger charge is 2.26. The summed E-state index contributed by atoms with van der Waals surface area (Å²) < 4.78 is 0. The molecule has 0 radical (unpaired) electrons. The first-order chi connectivity index (χ1) is 9.18. The highest BCUT2D eigenvalue weighted by molar-refractivity contribution is 8.00. The van der Waals surface area contributed by atoms with Gasteiger partial charge in [-0.2, -0.15) is 11.8 Å². The molecule has 1 aromatic carbocycles. The molecule has 0 aliphatic carbocycles. The number of thioether (sulfide) groups is 1. The molecule has 2 N–H and O–H groups in total. The van der Waals surface area contributed by atoms with Gasteiger partial charge in [0.05, 0.1) is 11.4 Å². The van der Waals surface area contributed by atoms with Gasteiger partial charge in [0.2, 0.25) is 0 Å². The van der Waals surface area contributed by atoms with Gasteiger partial charge in [0.15, 0.2) is 0 Å². The maximum Gasteiger partial charge on any atom is 0.0632 e. The fourth-order valence-electron chi connectivity index (χ4n) is 2.70. The zero-order valence-electron chi connectivity index (χ0n) is 11.3. The van der Waals surface area contributed by atoms with Crippen molar-refractivity contribution in [3.8, 4) is 0 Å². The number of pyridine rings is 1. The number of rotatable bonds is 1. The zero-order chi connectivity index (χ0) is 13.4. The van der Waals surface area contributed by atoms with Gasteiger partial charge in [-0.1, -0.05) is 13.0 Å². The maximum atomic E-state index is 6.38. The molecular weight excluding hydrogens is 254 g/mol. The predicted octanol–water partition coefficient (Wildman–Crippen LogP) is 3.15. The van der Waals surface area contributed by atoms with Crippen molar-refractivity contribution >= 4 is 33.9 Å². The van der Waals surface area contributed by atoms with Gasteiger partial charge >= 0.3 is 0 Å². The van der Waals surface area contributed by atoms with Crippen LogP contribution in [0.4, 0.5) is 11.4 Å². The van der Waals surface area contributed by atoms with Gasteiger partial charge in [0.1, 0.15) is 0 Å². The van der Waals surface area contributed by atoms with E-state index in [1.54, 1.807) is 6.20 Å². The minimum Gasteiger partial charge on any atom is -0.397 e. The molecule has 2 unspecified atom stereocenters. The van der Waals surface area contributed by atoms with Crippen molar-refractivity contribution in [2.75, 3.05) is 22.9 Å². The number of aromatic nitrogens is 1. The lowest BCUT2D eigenvalue weighted by Crippen LogP contribution is -2.45. The fourth-order valence-corrected chi connectivity index (χ4v) is 3.80. The Hall–Kier alpha value is -1.42. The van der Waals surface area contributed by atoms with E-state index in [9.17, 15) is 0 Å². The normalized spacial score (nSPS) is 23.8. The van der Waals surface area contributed by atoms with Crippen LogP contribution >= 0.6 is 11.8 Å². The third kappa shape index (κ3) is 2.14. The number of nitrogens with two attached hydrogens (primary N) is 1. The maximum absolute atomic E-state index is 6.38. The summed E-state index contributed by atoms with van der Waals surface area (Å²) in [7, 11) is 0. The summed E-state index contributed by atoms with van der Waals surface area (Å²) in [4.78, 5) is 6.59. The first-order valence-corrected chi connectivity index (χ1v) is 7.74. The van der Waals surface area contributed by atoms with E-state index in [1.165, 1.54) is 11.4 Å². The molecule has 100 valence electrons. The van der Waals surface area contributed by atoms with Crippen LogP contribution in [0, 0.1) is 0 Å². The van der Waals surface area contributed by atoms with Crippen LogP contribution in [0.15, 0.2) is 30.6 Å². The van der Waals surface area contributed by atoms with Crippen molar-refractivity contribution in [1.82, 2.24) is 4.98 Å². The summed E-state index contributed by atoms with van der Waals surface area (Å²) in [5, 5.41) is 2.85. The summed E-state index contributed by atoms with van der Waals surface area (Å²) >= 11 is 2.04. The van der Waals surface area contributed by atoms with Crippen molar-refractivity contribution in [3.63, 3.8) is 0 Å². The number of fused-ring (bicyclic) bond motifs is 1. The van der Waals surface area contributed by atoms with Crippen molar-refractivity contribution in [2.45, 2.75) is 25.1 Å². The molecule has 1 aliphatic rings. The van der Waals surface area contributed by atoms with E-state index in [0.29, 0.717) is 11.3 Å². The Bertz CT molecular complexity index is 599. The predicted molar refractivity (Wildman–Crippen MR) is 84.9 cm³/mol. The number of hydrogen-bond acceptors (Lipinski definition) is 4. The molecule has 0 spiro atoms. The van der Waals surface area contributed by atoms with E-state index in [1.807, 2.05) is 24.0 Å². The molecule has 3 nitrogen and oxygen atoms in total. The van der Waals surface area contributed by atoms with E-state index < -0.39 is 0 Å². The second kappa shape index (κ2) is 4.93. The van der Waals surface area contributed by atoms with Gasteiger partial charge in [0.25, 0.3) is 0 Å². The lowest BCUT2D eigenvalue weighted by molar-refractivity contribution is 0.628. The lowest BCUT2D eigenvalue weighted by Gasteiger charge is -2.40. The van der Waals surface area contributed by atoms with Crippen molar-refractivity contribution in [1.29, 1.82) is 0 Å². The quantitative estimate of drug-likeness (QED) is 0.811. The molecule has 2 atom stereocenters. The molecule has 3 rings (SSSR count). The van der Waals surface area contributed by atoms with Crippen LogP contribution in [0.5, 0.6) is 0 Å². The summed E-state index contributed by atoms with van der Waals surface area (Å²) in [6.07, 6.45) is 3.67. The summed E-state index contributed by atoms with van der Waals surface area (Å²) in [6, 6.07) is 6.77. The molecule has 1 aliphatic heterocycles. The molecule has 0 amide bonds. The molecule has 1 fully saturated rings. The molecule has 1 aromatic heterocycles. The van der Waals surface area contributed by atoms with Crippen LogP contribution in [0.25, 0.3) is 10.8 Å². The van der Waals surface area contributed by atoms with Gasteiger partial charge in [-0.15, -0.1) is 0 Å². The monoisotopic (exact) mass is 273 g/mol. The second-order valence-corrected chi connectivity index (χ2v) is 6.59. The fraction of sp³-hybridized carbons (Fsp3) is 0.400. The largest absolute Gasteiger partial charge is 0.397 e. The summed E-state index contributed by atoms with van der Waals surface area (Å²) in [5.74, 6) is 1.17. The molecule has 4 heteroatoms. The van der Waals surface area contributed by atoms with Crippen LogP contribution in [-0.2, 0) is 0 Å². The highest BCUT2D eigenvalue weighted by atomic mass is 32.2. The average Bonchev–Trinajstić information content (AvgIpc) is 2.43.